The molecule has 1 heterocycles. The Kier molecular flexibility index (Phi) is 3.97. The minimum atomic E-state index is 0.127. The number of aryl methyl sites for hydroxylation is 1. The lowest BCUT2D eigenvalue weighted by Gasteiger charge is -2.39. The van der Waals surface area contributed by atoms with Gasteiger partial charge in [0.25, 0.3) is 0 Å². The van der Waals surface area contributed by atoms with Gasteiger partial charge < -0.3 is 14.7 Å². The van der Waals surface area contributed by atoms with Crippen LogP contribution in [0.3, 0.4) is 0 Å². The average Bonchev–Trinajstić information content (AvgIpc) is 2.49. The van der Waals surface area contributed by atoms with Crippen molar-refractivity contribution in [1.29, 1.82) is 0 Å². The highest BCUT2D eigenvalue weighted by Crippen LogP contribution is 2.37. The highest BCUT2D eigenvalue weighted by atomic mass is 16.5. The monoisotopic (exact) mass is 297 g/mol. The summed E-state index contributed by atoms with van der Waals surface area (Å²) >= 11 is 0. The summed E-state index contributed by atoms with van der Waals surface area (Å²) in [6.07, 6.45) is 1.02. The van der Waals surface area contributed by atoms with E-state index in [1.807, 2.05) is 6.07 Å². The maximum absolute atomic E-state index is 9.73. The maximum Gasteiger partial charge on any atom is 0.143 e. The van der Waals surface area contributed by atoms with E-state index in [1.165, 1.54) is 11.1 Å². The molecule has 0 amide bonds. The lowest BCUT2D eigenvalue weighted by atomic mass is 10.0. The van der Waals surface area contributed by atoms with Crippen LogP contribution in [0.15, 0.2) is 42.5 Å². The minimum Gasteiger partial charge on any atom is -0.508 e. The van der Waals surface area contributed by atoms with Crippen molar-refractivity contribution in [3.8, 4) is 11.5 Å². The van der Waals surface area contributed by atoms with E-state index in [0.29, 0.717) is 6.04 Å². The second-order valence-corrected chi connectivity index (χ2v) is 6.33. The van der Waals surface area contributed by atoms with E-state index in [-0.39, 0.29) is 11.9 Å². The first kappa shape index (κ1) is 14.8. The molecule has 1 aliphatic heterocycles. The predicted octanol–water partition coefficient (Wildman–Crippen LogP) is 3.92. The van der Waals surface area contributed by atoms with Crippen molar-refractivity contribution in [2.75, 3.05) is 11.4 Å². The van der Waals surface area contributed by atoms with Crippen molar-refractivity contribution in [1.82, 2.24) is 0 Å². The first-order valence-corrected chi connectivity index (χ1v) is 7.85. The minimum absolute atomic E-state index is 0.127. The fourth-order valence-electron chi connectivity index (χ4n) is 2.95. The van der Waals surface area contributed by atoms with Crippen molar-refractivity contribution < 1.29 is 9.84 Å². The zero-order chi connectivity index (χ0) is 15.7. The van der Waals surface area contributed by atoms with Gasteiger partial charge in [-0.25, -0.2) is 0 Å². The fraction of sp³-hybridized carbons (Fsp3) is 0.368. The van der Waals surface area contributed by atoms with Crippen LogP contribution in [0.1, 0.15) is 25.0 Å². The zero-order valence-electron chi connectivity index (χ0n) is 13.4. The Labute approximate surface area is 132 Å². The first-order chi connectivity index (χ1) is 10.5. The molecule has 22 heavy (non-hydrogen) atoms. The first-order valence-electron chi connectivity index (χ1n) is 7.85. The lowest BCUT2D eigenvalue weighted by molar-refractivity contribution is 0.190. The zero-order valence-corrected chi connectivity index (χ0v) is 13.4. The highest BCUT2D eigenvalue weighted by Gasteiger charge is 2.27. The topological polar surface area (TPSA) is 32.7 Å². The third-order valence-electron chi connectivity index (χ3n) is 4.15. The van der Waals surface area contributed by atoms with Crippen molar-refractivity contribution in [3.63, 3.8) is 0 Å². The Morgan fingerprint density at radius 2 is 1.91 bits per heavy atom. The van der Waals surface area contributed by atoms with Crippen LogP contribution in [0.5, 0.6) is 11.5 Å². The van der Waals surface area contributed by atoms with Gasteiger partial charge in [0.2, 0.25) is 0 Å². The summed E-state index contributed by atoms with van der Waals surface area (Å²) in [6.45, 7) is 7.27. The van der Waals surface area contributed by atoms with Gasteiger partial charge in [0.15, 0.2) is 0 Å². The van der Waals surface area contributed by atoms with Crippen molar-refractivity contribution in [3.05, 3.63) is 53.6 Å². The molecule has 3 heteroatoms. The summed E-state index contributed by atoms with van der Waals surface area (Å²) in [6, 6.07) is 14.3. The fourth-order valence-corrected chi connectivity index (χ4v) is 2.95. The smallest absolute Gasteiger partial charge is 0.143 e. The molecular weight excluding hydrogens is 274 g/mol. The number of ether oxygens (including phenoxy) is 1. The number of aromatic hydroxyl groups is 1. The number of rotatable bonds is 3. The maximum atomic E-state index is 9.73. The molecule has 1 aliphatic rings. The number of hydrogen-bond donors (Lipinski definition) is 1. The molecule has 1 atom stereocenters. The molecule has 0 radical (unpaired) electrons. The molecule has 0 fully saturated rings. The van der Waals surface area contributed by atoms with Gasteiger partial charge in [-0.05, 0) is 38.5 Å². The molecule has 1 N–H and O–H groups in total. The number of phenolic OH excluding ortho intramolecular Hbond substituents is 1. The Morgan fingerprint density at radius 3 is 2.59 bits per heavy atom. The second kappa shape index (κ2) is 5.91. The summed E-state index contributed by atoms with van der Waals surface area (Å²) in [5.41, 5.74) is 3.55. The van der Waals surface area contributed by atoms with E-state index in [2.05, 4.69) is 49.9 Å². The molecular formula is C19H23NO2. The van der Waals surface area contributed by atoms with Gasteiger partial charge in [-0.1, -0.05) is 29.8 Å². The van der Waals surface area contributed by atoms with E-state index in [4.69, 9.17) is 4.74 Å². The molecule has 1 unspecified atom stereocenters. The number of hydrogen-bond acceptors (Lipinski definition) is 3. The standard InChI is InChI=1S/C19H23NO2/c1-13(2)20-12-17(10-15-6-4-14(3)5-7-15)22-19-9-8-16(21)11-18(19)20/h4-9,11,13,17,21H,10,12H2,1-3H3. The van der Waals surface area contributed by atoms with Gasteiger partial charge in [0.05, 0.1) is 12.2 Å². The van der Waals surface area contributed by atoms with E-state index in [0.717, 1.165) is 24.4 Å². The second-order valence-electron chi connectivity index (χ2n) is 6.33. The molecule has 3 nitrogen and oxygen atoms in total. The summed E-state index contributed by atoms with van der Waals surface area (Å²) in [5.74, 6) is 1.14. The van der Waals surface area contributed by atoms with E-state index >= 15 is 0 Å². The molecule has 2 aromatic carbocycles. The van der Waals surface area contributed by atoms with E-state index in [9.17, 15) is 5.11 Å². The molecule has 3 rings (SSSR count). The summed E-state index contributed by atoms with van der Waals surface area (Å²) in [4.78, 5) is 2.30. The Morgan fingerprint density at radius 1 is 1.18 bits per heavy atom. The summed E-state index contributed by atoms with van der Waals surface area (Å²) in [5, 5.41) is 9.73. The van der Waals surface area contributed by atoms with Crippen LogP contribution in [0.4, 0.5) is 5.69 Å². The summed E-state index contributed by atoms with van der Waals surface area (Å²) in [7, 11) is 0. The lowest BCUT2D eigenvalue weighted by Crippen LogP contribution is -2.44. The molecule has 0 aliphatic carbocycles. The van der Waals surface area contributed by atoms with Gasteiger partial charge in [-0.3, -0.25) is 0 Å². The van der Waals surface area contributed by atoms with Crippen LogP contribution < -0.4 is 9.64 Å². The quantitative estimate of drug-likeness (QED) is 0.932. The Balaban J connectivity index is 1.84. The van der Waals surface area contributed by atoms with Gasteiger partial charge in [-0.2, -0.15) is 0 Å². The SMILES string of the molecule is Cc1ccc(CC2CN(C(C)C)c3cc(O)ccc3O2)cc1. The van der Waals surface area contributed by atoms with Crippen molar-refractivity contribution >= 4 is 5.69 Å². The van der Waals surface area contributed by atoms with Crippen LogP contribution in [-0.2, 0) is 6.42 Å². The molecule has 116 valence electrons. The van der Waals surface area contributed by atoms with Crippen LogP contribution in [0.25, 0.3) is 0 Å². The Bertz CT molecular complexity index is 649. The van der Waals surface area contributed by atoms with Crippen LogP contribution in [0.2, 0.25) is 0 Å². The largest absolute Gasteiger partial charge is 0.508 e. The number of phenols is 1. The molecule has 0 spiro atoms. The normalized spacial score (nSPS) is 17.3. The number of fused-ring (bicyclic) bond motifs is 1. The van der Waals surface area contributed by atoms with Gasteiger partial charge in [0, 0.05) is 18.5 Å². The van der Waals surface area contributed by atoms with E-state index in [1.54, 1.807) is 12.1 Å². The average molecular weight is 297 g/mol. The van der Waals surface area contributed by atoms with Crippen molar-refractivity contribution in [2.45, 2.75) is 39.3 Å². The third kappa shape index (κ3) is 3.03. The van der Waals surface area contributed by atoms with Crippen LogP contribution in [0, 0.1) is 6.92 Å². The van der Waals surface area contributed by atoms with Crippen LogP contribution in [-0.4, -0.2) is 23.8 Å². The summed E-state index contributed by atoms with van der Waals surface area (Å²) < 4.78 is 6.15. The molecule has 0 saturated carbocycles. The van der Waals surface area contributed by atoms with Gasteiger partial charge >= 0.3 is 0 Å². The number of anilines is 1. The van der Waals surface area contributed by atoms with Gasteiger partial charge in [-0.15, -0.1) is 0 Å². The molecule has 2 aromatic rings. The molecule has 0 saturated heterocycles. The van der Waals surface area contributed by atoms with Gasteiger partial charge in [0.1, 0.15) is 17.6 Å². The van der Waals surface area contributed by atoms with E-state index < -0.39 is 0 Å². The Hall–Kier alpha value is -2.16. The molecule has 0 aromatic heterocycles. The predicted molar refractivity (Wildman–Crippen MR) is 89.9 cm³/mol. The van der Waals surface area contributed by atoms with Crippen LogP contribution >= 0.6 is 0 Å². The van der Waals surface area contributed by atoms with Crippen molar-refractivity contribution in [2.24, 2.45) is 0 Å². The highest BCUT2D eigenvalue weighted by molar-refractivity contribution is 5.63. The molecule has 0 bridgehead atoms. The number of benzene rings is 2. The third-order valence-corrected chi connectivity index (χ3v) is 4.15. The number of nitrogens with zero attached hydrogens (tertiary/aromatic N) is 1.